The summed E-state index contributed by atoms with van der Waals surface area (Å²) in [6.45, 7) is 3.57. The quantitative estimate of drug-likeness (QED) is 0.341. The highest BCUT2D eigenvalue weighted by Crippen LogP contribution is 2.29. The molecule has 0 bridgehead atoms. The number of nitrogens with zero attached hydrogens (tertiary/aromatic N) is 2. The van der Waals surface area contributed by atoms with Crippen LogP contribution >= 0.6 is 0 Å². The number of benzene rings is 1. The van der Waals surface area contributed by atoms with Gasteiger partial charge in [0.05, 0.1) is 11.5 Å². The van der Waals surface area contributed by atoms with Crippen LogP contribution in [-0.2, 0) is 19.8 Å². The molecule has 0 fully saturated rings. The SMILES string of the molecule is CC(C)(C)OC(=O)N[C@@H](CN(c1ccccc1[N+](=O)[O-])S(=O)(=O)O)C(=O)O. The smallest absolute Gasteiger partial charge is 0.408 e. The minimum Gasteiger partial charge on any atom is -0.480 e. The highest BCUT2D eigenvalue weighted by Gasteiger charge is 2.33. The van der Waals surface area contributed by atoms with Gasteiger partial charge < -0.3 is 15.2 Å². The highest BCUT2D eigenvalue weighted by molar-refractivity contribution is 7.87. The van der Waals surface area contributed by atoms with Crippen molar-refractivity contribution in [3.05, 3.63) is 34.4 Å². The number of amides is 1. The van der Waals surface area contributed by atoms with E-state index < -0.39 is 56.9 Å². The molecule has 0 aliphatic rings. The number of rotatable bonds is 7. The maximum atomic E-state index is 11.8. The predicted molar refractivity (Wildman–Crippen MR) is 92.8 cm³/mol. The van der Waals surface area contributed by atoms with Gasteiger partial charge in [-0.05, 0) is 26.8 Å². The van der Waals surface area contributed by atoms with E-state index in [9.17, 15) is 37.8 Å². The average molecular weight is 405 g/mol. The van der Waals surface area contributed by atoms with Crippen LogP contribution in [0.1, 0.15) is 20.8 Å². The molecule has 0 unspecified atom stereocenters. The molecule has 1 amide bonds. The fourth-order valence-electron chi connectivity index (χ4n) is 1.95. The number of alkyl carbamates (subject to hydrolysis) is 1. The maximum Gasteiger partial charge on any atom is 0.408 e. The van der Waals surface area contributed by atoms with Crippen LogP contribution in [0.25, 0.3) is 0 Å². The molecule has 0 spiro atoms. The highest BCUT2D eigenvalue weighted by atomic mass is 32.2. The third-order valence-electron chi connectivity index (χ3n) is 2.96. The number of carbonyl (C=O) groups excluding carboxylic acids is 1. The maximum absolute atomic E-state index is 11.8. The lowest BCUT2D eigenvalue weighted by atomic mass is 10.2. The molecule has 27 heavy (non-hydrogen) atoms. The molecule has 1 atom stereocenters. The molecule has 0 radical (unpaired) electrons. The second kappa shape index (κ2) is 8.18. The number of para-hydroxylation sites is 2. The number of carbonyl (C=O) groups is 2. The van der Waals surface area contributed by atoms with Crippen molar-refractivity contribution in [3.8, 4) is 0 Å². The summed E-state index contributed by atoms with van der Waals surface area (Å²) in [5.41, 5.74) is -2.20. The average Bonchev–Trinajstić information content (AvgIpc) is 2.48. The van der Waals surface area contributed by atoms with E-state index in [1.54, 1.807) is 0 Å². The van der Waals surface area contributed by atoms with E-state index in [-0.39, 0.29) is 4.31 Å². The van der Waals surface area contributed by atoms with E-state index in [2.05, 4.69) is 0 Å². The molecule has 0 saturated carbocycles. The van der Waals surface area contributed by atoms with Crippen molar-refractivity contribution in [1.29, 1.82) is 0 Å². The number of nitrogens with one attached hydrogen (secondary N) is 1. The van der Waals surface area contributed by atoms with Gasteiger partial charge >= 0.3 is 22.4 Å². The number of nitro groups is 1. The second-order valence-electron chi connectivity index (χ2n) is 6.29. The largest absolute Gasteiger partial charge is 0.480 e. The lowest BCUT2D eigenvalue weighted by Crippen LogP contribution is -2.51. The lowest BCUT2D eigenvalue weighted by Gasteiger charge is -2.26. The van der Waals surface area contributed by atoms with E-state index in [0.717, 1.165) is 12.1 Å². The first-order valence-electron chi connectivity index (χ1n) is 7.43. The van der Waals surface area contributed by atoms with Gasteiger partial charge in [-0.25, -0.2) is 13.9 Å². The molecule has 0 saturated heterocycles. The van der Waals surface area contributed by atoms with Crippen LogP contribution in [0, 0.1) is 10.1 Å². The van der Waals surface area contributed by atoms with Gasteiger partial charge in [-0.3, -0.25) is 14.7 Å². The van der Waals surface area contributed by atoms with Gasteiger partial charge in [-0.15, -0.1) is 0 Å². The topological polar surface area (TPSA) is 176 Å². The molecule has 150 valence electrons. The van der Waals surface area contributed by atoms with Crippen molar-refractivity contribution < 1.29 is 37.3 Å². The Morgan fingerprint density at radius 3 is 2.33 bits per heavy atom. The first kappa shape index (κ1) is 22.1. The Labute approximate surface area is 154 Å². The zero-order chi connectivity index (χ0) is 21.0. The Balaban J connectivity index is 3.23. The normalized spacial score (nSPS) is 12.7. The Kier molecular flexibility index (Phi) is 6.70. The van der Waals surface area contributed by atoms with Gasteiger partial charge in [0, 0.05) is 6.07 Å². The number of anilines is 1. The Hall–Kier alpha value is -2.93. The minimum atomic E-state index is -5.10. The Morgan fingerprint density at radius 2 is 1.89 bits per heavy atom. The first-order chi connectivity index (χ1) is 12.2. The van der Waals surface area contributed by atoms with Crippen LogP contribution in [0.4, 0.5) is 16.2 Å². The summed E-state index contributed by atoms with van der Waals surface area (Å²) < 4.78 is 37.8. The number of carboxylic acid groups (broad SMARTS) is 1. The van der Waals surface area contributed by atoms with E-state index >= 15 is 0 Å². The second-order valence-corrected chi connectivity index (χ2v) is 7.63. The van der Waals surface area contributed by atoms with Gasteiger partial charge in [0.2, 0.25) is 0 Å². The molecule has 0 aromatic heterocycles. The Morgan fingerprint density at radius 1 is 1.33 bits per heavy atom. The van der Waals surface area contributed by atoms with Crippen LogP contribution in [0.2, 0.25) is 0 Å². The van der Waals surface area contributed by atoms with Crippen molar-refractivity contribution in [3.63, 3.8) is 0 Å². The van der Waals surface area contributed by atoms with Gasteiger partial charge in [-0.1, -0.05) is 12.1 Å². The fraction of sp³-hybridized carbons (Fsp3) is 0.429. The number of aliphatic carboxylic acids is 1. The zero-order valence-corrected chi connectivity index (χ0v) is 15.5. The van der Waals surface area contributed by atoms with Crippen LogP contribution in [-0.4, -0.2) is 53.3 Å². The molecule has 1 rings (SSSR count). The molecule has 0 aliphatic heterocycles. The third-order valence-corrected chi connectivity index (χ3v) is 3.87. The molecule has 1 aromatic carbocycles. The van der Waals surface area contributed by atoms with E-state index in [4.69, 9.17) is 4.74 Å². The van der Waals surface area contributed by atoms with E-state index in [0.29, 0.717) is 0 Å². The number of carboxylic acids is 1. The van der Waals surface area contributed by atoms with Crippen LogP contribution in [0.3, 0.4) is 0 Å². The summed E-state index contributed by atoms with van der Waals surface area (Å²) in [5, 5.41) is 22.3. The van der Waals surface area contributed by atoms with Crippen LogP contribution in [0.5, 0.6) is 0 Å². The van der Waals surface area contributed by atoms with E-state index in [1.807, 2.05) is 5.32 Å². The van der Waals surface area contributed by atoms with Crippen LogP contribution in [0.15, 0.2) is 24.3 Å². The summed E-state index contributed by atoms with van der Waals surface area (Å²) >= 11 is 0. The lowest BCUT2D eigenvalue weighted by molar-refractivity contribution is -0.384. The summed E-state index contributed by atoms with van der Waals surface area (Å²) in [7, 11) is -5.10. The third kappa shape index (κ3) is 6.71. The molecule has 13 heteroatoms. The summed E-state index contributed by atoms with van der Waals surface area (Å²) in [5.74, 6) is -1.65. The van der Waals surface area contributed by atoms with Gasteiger partial charge in [0.15, 0.2) is 0 Å². The molecule has 3 N–H and O–H groups in total. The summed E-state index contributed by atoms with van der Waals surface area (Å²) in [4.78, 5) is 33.4. The Bertz CT molecular complexity index is 832. The van der Waals surface area contributed by atoms with Crippen molar-refractivity contribution in [2.45, 2.75) is 32.4 Å². The van der Waals surface area contributed by atoms with Crippen molar-refractivity contribution in [1.82, 2.24) is 5.32 Å². The molecule has 0 heterocycles. The minimum absolute atomic E-state index is 0.112. The molecule has 1 aromatic rings. The van der Waals surface area contributed by atoms with Crippen molar-refractivity contribution in [2.75, 3.05) is 10.8 Å². The van der Waals surface area contributed by atoms with Gasteiger partial charge in [0.25, 0.3) is 5.69 Å². The van der Waals surface area contributed by atoms with E-state index in [1.165, 1.54) is 32.9 Å². The zero-order valence-electron chi connectivity index (χ0n) is 14.6. The predicted octanol–water partition coefficient (Wildman–Crippen LogP) is 1.18. The molecular formula is C14H19N3O9S. The number of nitro benzene ring substituents is 1. The van der Waals surface area contributed by atoms with Crippen molar-refractivity contribution in [2.24, 2.45) is 0 Å². The van der Waals surface area contributed by atoms with Crippen LogP contribution < -0.4 is 9.62 Å². The monoisotopic (exact) mass is 405 g/mol. The first-order valence-corrected chi connectivity index (χ1v) is 8.83. The number of ether oxygens (including phenoxy) is 1. The molecule has 0 aliphatic carbocycles. The van der Waals surface area contributed by atoms with Gasteiger partial charge in [-0.2, -0.15) is 8.42 Å². The summed E-state index contributed by atoms with van der Waals surface area (Å²) in [6.07, 6.45) is -1.15. The number of hydrogen-bond acceptors (Lipinski definition) is 7. The van der Waals surface area contributed by atoms with Crippen molar-refractivity contribution >= 4 is 33.7 Å². The standard InChI is InChI=1S/C14H19N3O9S/c1-14(2,3)26-13(20)15-9(12(18)19)8-16(27(23,24)25)10-6-4-5-7-11(10)17(21)22/h4-7,9H,8H2,1-3H3,(H,15,20)(H,18,19)(H,23,24,25)/t9-/m0/s1. The summed E-state index contributed by atoms with van der Waals surface area (Å²) in [6, 6.07) is 2.65. The van der Waals surface area contributed by atoms with Gasteiger partial charge in [0.1, 0.15) is 17.3 Å². The fourth-order valence-corrected chi connectivity index (χ4v) is 2.69. The molecular weight excluding hydrogens is 386 g/mol. The number of hydrogen-bond donors (Lipinski definition) is 3. The molecule has 12 nitrogen and oxygen atoms in total.